The number of dihydropyridines is 1. The lowest BCUT2D eigenvalue weighted by atomic mass is 9.67. The van der Waals surface area contributed by atoms with Crippen molar-refractivity contribution >= 4 is 22.9 Å². The topological polar surface area (TPSA) is 25.2 Å². The molecule has 5 aliphatic rings. The predicted octanol–water partition coefficient (Wildman–Crippen LogP) is 7.72. The Kier molecular flexibility index (Phi) is 6.63. The first-order valence-electron chi connectivity index (χ1n) is 15.8. The van der Waals surface area contributed by atoms with E-state index in [9.17, 15) is 0 Å². The summed E-state index contributed by atoms with van der Waals surface area (Å²) in [4.78, 5) is 9.27. The van der Waals surface area contributed by atoms with Crippen molar-refractivity contribution in [3.05, 3.63) is 154 Å². The van der Waals surface area contributed by atoms with E-state index in [2.05, 4.69) is 121 Å². The maximum atomic E-state index is 4.70. The van der Waals surface area contributed by atoms with Crippen molar-refractivity contribution in [1.29, 1.82) is 0 Å². The van der Waals surface area contributed by atoms with Crippen molar-refractivity contribution in [3.63, 3.8) is 0 Å². The summed E-state index contributed by atoms with van der Waals surface area (Å²) in [5, 5.41) is 2.83. The second-order valence-electron chi connectivity index (χ2n) is 12.5. The summed E-state index contributed by atoms with van der Waals surface area (Å²) in [6.07, 6.45) is 31.3. The Balaban J connectivity index is 1.22. The van der Waals surface area contributed by atoms with Crippen molar-refractivity contribution in [2.45, 2.75) is 32.6 Å². The number of benzene rings is 2. The molecule has 1 aliphatic heterocycles. The third-order valence-electron chi connectivity index (χ3n) is 9.64. The molecule has 3 aromatic rings. The number of pyridine rings is 1. The van der Waals surface area contributed by atoms with Gasteiger partial charge in [-0.3, -0.25) is 9.98 Å². The zero-order valence-corrected chi connectivity index (χ0v) is 24.7. The van der Waals surface area contributed by atoms with Crippen molar-refractivity contribution in [2.24, 2.45) is 22.7 Å². The highest BCUT2D eigenvalue weighted by molar-refractivity contribution is 6.09. The molecule has 2 aromatic carbocycles. The van der Waals surface area contributed by atoms with E-state index in [0.29, 0.717) is 17.8 Å². The molecule has 3 unspecified atom stereocenters. The highest BCUT2D eigenvalue weighted by Crippen LogP contribution is 2.44. The van der Waals surface area contributed by atoms with Crippen LogP contribution in [0.25, 0.3) is 28.3 Å². The quantitative estimate of drug-likeness (QED) is 0.323. The molecule has 4 aliphatic carbocycles. The van der Waals surface area contributed by atoms with Gasteiger partial charge in [0.15, 0.2) is 0 Å². The minimum Gasteiger partial charge on any atom is -0.284 e. The van der Waals surface area contributed by atoms with Gasteiger partial charge in [0.1, 0.15) is 0 Å². The molecule has 2 heterocycles. The monoisotopic (exact) mass is 556 g/mol. The van der Waals surface area contributed by atoms with Gasteiger partial charge < -0.3 is 0 Å². The average molecular weight is 557 g/mol. The van der Waals surface area contributed by atoms with E-state index in [1.54, 1.807) is 0 Å². The largest absolute Gasteiger partial charge is 0.284 e. The van der Waals surface area contributed by atoms with E-state index >= 15 is 0 Å². The Hall–Kier alpha value is -4.56. The van der Waals surface area contributed by atoms with Crippen LogP contribution in [-0.4, -0.2) is 17.2 Å². The number of aliphatic imine (C=N–C) groups is 1. The molecule has 2 heteroatoms. The van der Waals surface area contributed by atoms with Gasteiger partial charge in [-0.05, 0) is 93.2 Å². The molecular formula is C41H36N2. The first-order chi connectivity index (χ1) is 21.2. The second kappa shape index (κ2) is 10.9. The molecule has 3 atom stereocenters. The first-order valence-corrected chi connectivity index (χ1v) is 15.8. The standard InChI is InChI=1S/C41H36N2/c1-27-9-8-10-31(21-27)40-35-11-2-4-13-37(35)41(38-14-5-3-12-36(38)40)32-19-18-28-22-30(17-16-29(28)23-32)33-24-34(26-42-25-33)39-15-6-7-20-43-39/h2-6,8-17,22-27,35,37H,7,18-21H2,1H3. The molecule has 0 saturated heterocycles. The molecular weight excluding hydrogens is 520 g/mol. The molecule has 1 aromatic heterocycles. The van der Waals surface area contributed by atoms with E-state index in [4.69, 9.17) is 4.99 Å². The lowest BCUT2D eigenvalue weighted by Gasteiger charge is -2.36. The molecule has 0 fully saturated rings. The van der Waals surface area contributed by atoms with E-state index in [1.807, 2.05) is 12.4 Å². The number of aryl methyl sites for hydroxylation is 1. The van der Waals surface area contributed by atoms with Gasteiger partial charge in [0, 0.05) is 41.9 Å². The van der Waals surface area contributed by atoms with Crippen LogP contribution in [0.4, 0.5) is 0 Å². The Morgan fingerprint density at radius 2 is 1.53 bits per heavy atom. The molecule has 0 N–H and O–H groups in total. The van der Waals surface area contributed by atoms with Gasteiger partial charge >= 0.3 is 0 Å². The van der Waals surface area contributed by atoms with Crippen LogP contribution in [0.1, 0.15) is 42.9 Å². The van der Waals surface area contributed by atoms with Crippen LogP contribution in [0.15, 0.2) is 132 Å². The van der Waals surface area contributed by atoms with Gasteiger partial charge in [0.05, 0.1) is 5.71 Å². The highest BCUT2D eigenvalue weighted by Gasteiger charge is 2.34. The Morgan fingerprint density at radius 1 is 0.744 bits per heavy atom. The van der Waals surface area contributed by atoms with Gasteiger partial charge in [-0.1, -0.05) is 104 Å². The van der Waals surface area contributed by atoms with Gasteiger partial charge in [0.25, 0.3) is 0 Å². The Labute approximate surface area is 254 Å². The number of allylic oxidation sites excluding steroid dienone is 10. The van der Waals surface area contributed by atoms with Gasteiger partial charge in [-0.2, -0.15) is 0 Å². The van der Waals surface area contributed by atoms with Crippen LogP contribution in [-0.2, 0) is 6.42 Å². The number of hydrogen-bond acceptors (Lipinski definition) is 2. The fourth-order valence-electron chi connectivity index (χ4n) is 7.61. The summed E-state index contributed by atoms with van der Waals surface area (Å²) in [5.74, 6) is 1.30. The SMILES string of the molecule is CC1C=CC=C(C2=c3ccccc3=C(C3=Cc4ccc(-c5cncc(C6=NCCC=C6)c5)cc4CC3)C3C=CC=CC23)C1. The molecule has 0 saturated carbocycles. The predicted molar refractivity (Wildman–Crippen MR) is 180 cm³/mol. The Morgan fingerprint density at radius 3 is 2.30 bits per heavy atom. The summed E-state index contributed by atoms with van der Waals surface area (Å²) in [6.45, 7) is 3.19. The van der Waals surface area contributed by atoms with Gasteiger partial charge in [-0.25, -0.2) is 0 Å². The van der Waals surface area contributed by atoms with Gasteiger partial charge in [-0.15, -0.1) is 0 Å². The lowest BCUT2D eigenvalue weighted by Crippen LogP contribution is -2.41. The van der Waals surface area contributed by atoms with Crippen LogP contribution in [0.3, 0.4) is 0 Å². The third-order valence-corrected chi connectivity index (χ3v) is 9.64. The van der Waals surface area contributed by atoms with Crippen LogP contribution in [0, 0.1) is 17.8 Å². The Bertz CT molecular complexity index is 1970. The summed E-state index contributed by atoms with van der Waals surface area (Å²) in [6, 6.07) is 18.3. The zero-order valence-electron chi connectivity index (χ0n) is 24.7. The minimum atomic E-state index is 0.356. The van der Waals surface area contributed by atoms with Crippen molar-refractivity contribution in [1.82, 2.24) is 4.98 Å². The molecule has 0 amide bonds. The van der Waals surface area contributed by atoms with Crippen LogP contribution in [0.5, 0.6) is 0 Å². The third kappa shape index (κ3) is 4.76. The van der Waals surface area contributed by atoms with Crippen LogP contribution >= 0.6 is 0 Å². The number of nitrogens with zero attached hydrogens (tertiary/aromatic N) is 2. The first kappa shape index (κ1) is 26.1. The number of hydrogen-bond donors (Lipinski definition) is 0. The highest BCUT2D eigenvalue weighted by atomic mass is 14.7. The summed E-state index contributed by atoms with van der Waals surface area (Å²) >= 11 is 0. The maximum absolute atomic E-state index is 4.70. The second-order valence-corrected chi connectivity index (χ2v) is 12.5. The number of aromatic nitrogens is 1. The minimum absolute atomic E-state index is 0.356. The normalized spacial score (nSPS) is 23.7. The fourth-order valence-corrected chi connectivity index (χ4v) is 7.61. The lowest BCUT2D eigenvalue weighted by molar-refractivity contribution is 0.655. The molecule has 0 bridgehead atoms. The van der Waals surface area contributed by atoms with Crippen molar-refractivity contribution in [2.75, 3.05) is 6.54 Å². The maximum Gasteiger partial charge on any atom is 0.0659 e. The van der Waals surface area contributed by atoms with Crippen LogP contribution in [0.2, 0.25) is 0 Å². The van der Waals surface area contributed by atoms with E-state index in [-0.39, 0.29) is 0 Å². The number of fused-ring (bicyclic) bond motifs is 3. The molecule has 43 heavy (non-hydrogen) atoms. The van der Waals surface area contributed by atoms with Gasteiger partial charge in [0.2, 0.25) is 0 Å². The molecule has 0 radical (unpaired) electrons. The molecule has 2 nitrogen and oxygen atoms in total. The summed E-state index contributed by atoms with van der Waals surface area (Å²) < 4.78 is 0. The smallest absolute Gasteiger partial charge is 0.0659 e. The van der Waals surface area contributed by atoms with E-state index < -0.39 is 0 Å². The molecule has 0 spiro atoms. The fraction of sp³-hybridized carbons (Fsp3) is 0.220. The summed E-state index contributed by atoms with van der Waals surface area (Å²) in [5.41, 5.74) is 13.3. The molecule has 8 rings (SSSR count). The van der Waals surface area contributed by atoms with Crippen molar-refractivity contribution in [3.8, 4) is 11.1 Å². The van der Waals surface area contributed by atoms with Crippen molar-refractivity contribution < 1.29 is 0 Å². The summed E-state index contributed by atoms with van der Waals surface area (Å²) in [7, 11) is 0. The average Bonchev–Trinajstić information content (AvgIpc) is 3.07. The van der Waals surface area contributed by atoms with Crippen LogP contribution < -0.4 is 10.4 Å². The van der Waals surface area contributed by atoms with E-state index in [0.717, 1.165) is 49.1 Å². The zero-order chi connectivity index (χ0) is 28.8. The molecule has 210 valence electrons. The number of rotatable bonds is 4. The van der Waals surface area contributed by atoms with E-state index in [1.165, 1.54) is 49.4 Å².